The van der Waals surface area contributed by atoms with Crippen LogP contribution in [0, 0.1) is 17.2 Å². The van der Waals surface area contributed by atoms with Gasteiger partial charge in [0, 0.05) is 49.8 Å². The number of hydrogen-bond acceptors (Lipinski definition) is 7. The van der Waals surface area contributed by atoms with E-state index in [9.17, 15) is 14.0 Å². The molecule has 0 radical (unpaired) electrons. The Morgan fingerprint density at radius 3 is 2.71 bits per heavy atom. The van der Waals surface area contributed by atoms with E-state index in [1.54, 1.807) is 12.4 Å². The van der Waals surface area contributed by atoms with Crippen molar-refractivity contribution in [2.45, 2.75) is 51.0 Å². The fourth-order valence-corrected chi connectivity index (χ4v) is 5.65. The molecule has 9 nitrogen and oxygen atoms in total. The fraction of sp³-hybridized carbons (Fsp3) is 0.560. The minimum Gasteiger partial charge on any atom is -0.341 e. The zero-order valence-corrected chi connectivity index (χ0v) is 19.6. The van der Waals surface area contributed by atoms with Crippen LogP contribution in [0.4, 0.5) is 16.2 Å². The summed E-state index contributed by atoms with van der Waals surface area (Å²) in [5, 5.41) is 1.42. The molecule has 1 spiro atoms. The van der Waals surface area contributed by atoms with E-state index in [1.165, 1.54) is 11.1 Å². The third-order valence-electron chi connectivity index (χ3n) is 7.85. The van der Waals surface area contributed by atoms with Crippen LogP contribution in [0.3, 0.4) is 0 Å². The van der Waals surface area contributed by atoms with Gasteiger partial charge in [-0.05, 0) is 56.2 Å². The molecule has 10 heteroatoms. The van der Waals surface area contributed by atoms with Crippen LogP contribution in [0.15, 0.2) is 30.7 Å². The number of carbonyl (C=O) groups is 2. The number of pyridine rings is 1. The molecule has 4 aliphatic rings. The molecule has 6 rings (SSSR count). The molecule has 0 aromatic carbocycles. The van der Waals surface area contributed by atoms with Crippen molar-refractivity contribution in [2.24, 2.45) is 11.3 Å². The molecule has 3 saturated heterocycles. The van der Waals surface area contributed by atoms with Crippen molar-refractivity contribution in [1.29, 1.82) is 0 Å². The van der Waals surface area contributed by atoms with Crippen molar-refractivity contribution in [3.05, 3.63) is 42.1 Å². The van der Waals surface area contributed by atoms with Crippen molar-refractivity contribution in [1.82, 2.24) is 20.0 Å². The van der Waals surface area contributed by atoms with E-state index in [4.69, 9.17) is 9.82 Å². The summed E-state index contributed by atoms with van der Waals surface area (Å²) in [5.74, 6) is 0.788. The van der Waals surface area contributed by atoms with Crippen molar-refractivity contribution < 1.29 is 18.8 Å². The lowest BCUT2D eigenvalue weighted by Gasteiger charge is -2.35. The van der Waals surface area contributed by atoms with Gasteiger partial charge in [-0.25, -0.2) is 14.4 Å². The van der Waals surface area contributed by atoms with Crippen LogP contribution in [0.25, 0.3) is 0 Å². The average Bonchev–Trinajstić information content (AvgIpc) is 3.49. The minimum absolute atomic E-state index is 0.0697. The second-order valence-electron chi connectivity index (χ2n) is 10.1. The van der Waals surface area contributed by atoms with Gasteiger partial charge in [0.05, 0.1) is 18.8 Å². The third kappa shape index (κ3) is 4.13. The Bertz CT molecular complexity index is 1130. The van der Waals surface area contributed by atoms with Gasteiger partial charge in [-0.3, -0.25) is 24.3 Å². The summed E-state index contributed by atoms with van der Waals surface area (Å²) in [7, 11) is 0. The van der Waals surface area contributed by atoms with Crippen LogP contribution in [0.1, 0.15) is 56.6 Å². The molecule has 2 aromatic rings. The van der Waals surface area contributed by atoms with Gasteiger partial charge >= 0.3 is 0 Å². The van der Waals surface area contributed by atoms with E-state index in [0.29, 0.717) is 62.8 Å². The number of amides is 2. The highest BCUT2D eigenvalue weighted by Gasteiger charge is 2.53. The van der Waals surface area contributed by atoms with Crippen LogP contribution in [-0.4, -0.2) is 58.1 Å². The molecular weight excluding hydrogens is 451 g/mol. The number of rotatable bonds is 4. The van der Waals surface area contributed by atoms with Gasteiger partial charge in [-0.2, -0.15) is 4.98 Å². The Morgan fingerprint density at radius 1 is 1.11 bits per heavy atom. The first kappa shape index (κ1) is 22.3. The van der Waals surface area contributed by atoms with Crippen molar-refractivity contribution >= 4 is 23.6 Å². The molecule has 0 N–H and O–H groups in total. The molecule has 2 aromatic heterocycles. The SMILES string of the molecule is O=C(C1CCN(c2nccc(N3CCCC4(CC4)C3=O)n2)CC1)N1OCC[C@H]1c1cncc(F)c1. The van der Waals surface area contributed by atoms with Crippen LogP contribution in [-0.2, 0) is 14.4 Å². The topological polar surface area (TPSA) is 91.8 Å². The largest absolute Gasteiger partial charge is 0.341 e. The molecular formula is C25H29FN6O3. The van der Waals surface area contributed by atoms with Crippen LogP contribution in [0.5, 0.6) is 0 Å². The summed E-state index contributed by atoms with van der Waals surface area (Å²) in [6, 6.07) is 2.91. The predicted octanol–water partition coefficient (Wildman–Crippen LogP) is 3.04. The average molecular weight is 481 g/mol. The summed E-state index contributed by atoms with van der Waals surface area (Å²) in [5.41, 5.74) is 0.512. The number of hydroxylamine groups is 2. The van der Waals surface area contributed by atoms with Gasteiger partial charge < -0.3 is 4.90 Å². The molecule has 1 atom stereocenters. The minimum atomic E-state index is -0.420. The summed E-state index contributed by atoms with van der Waals surface area (Å²) in [6.45, 7) is 2.39. The van der Waals surface area contributed by atoms with E-state index in [0.717, 1.165) is 31.9 Å². The summed E-state index contributed by atoms with van der Waals surface area (Å²) < 4.78 is 13.7. The highest BCUT2D eigenvalue weighted by Crippen LogP contribution is 2.53. The zero-order valence-electron chi connectivity index (χ0n) is 19.6. The monoisotopic (exact) mass is 480 g/mol. The number of piperidine rings is 2. The molecule has 35 heavy (non-hydrogen) atoms. The lowest BCUT2D eigenvalue weighted by Crippen LogP contribution is -2.44. The Labute approximate surface area is 203 Å². The Balaban J connectivity index is 1.10. The Hall–Kier alpha value is -3.14. The van der Waals surface area contributed by atoms with Crippen molar-refractivity contribution in [3.63, 3.8) is 0 Å². The number of hydrogen-bond donors (Lipinski definition) is 0. The summed E-state index contributed by atoms with van der Waals surface area (Å²) in [4.78, 5) is 48.9. The number of anilines is 2. The van der Waals surface area contributed by atoms with E-state index < -0.39 is 5.82 Å². The van der Waals surface area contributed by atoms with Crippen LogP contribution < -0.4 is 9.80 Å². The normalized spacial score (nSPS) is 24.3. The maximum Gasteiger partial charge on any atom is 0.249 e. The predicted molar refractivity (Wildman–Crippen MR) is 125 cm³/mol. The molecule has 4 fully saturated rings. The highest BCUT2D eigenvalue weighted by molar-refractivity contribution is 5.99. The standard InChI is InChI=1S/C25H29FN6O3/c26-19-14-18(15-27-16-19)20-5-13-35-32(20)22(33)17-3-11-30(12-4-17)24-28-9-2-21(29-24)31-10-1-6-25(7-8-25)23(31)34/h2,9,14-17,20H,1,3-8,10-13H2/t20-/m0/s1. The molecule has 0 bridgehead atoms. The van der Waals surface area contributed by atoms with E-state index >= 15 is 0 Å². The Kier molecular flexibility index (Phi) is 5.63. The zero-order chi connectivity index (χ0) is 24.0. The van der Waals surface area contributed by atoms with Crippen molar-refractivity contribution in [2.75, 3.05) is 36.0 Å². The first-order chi connectivity index (χ1) is 17.0. The van der Waals surface area contributed by atoms with Crippen molar-refractivity contribution in [3.8, 4) is 0 Å². The number of aromatic nitrogens is 3. The molecule has 2 amide bonds. The smallest absolute Gasteiger partial charge is 0.249 e. The van der Waals surface area contributed by atoms with Crippen LogP contribution >= 0.6 is 0 Å². The first-order valence-corrected chi connectivity index (χ1v) is 12.5. The second-order valence-corrected chi connectivity index (χ2v) is 10.1. The lowest BCUT2D eigenvalue weighted by atomic mass is 9.94. The number of carbonyl (C=O) groups excluding carboxylic acids is 2. The quantitative estimate of drug-likeness (QED) is 0.664. The van der Waals surface area contributed by atoms with Gasteiger partial charge in [-0.1, -0.05) is 0 Å². The fourth-order valence-electron chi connectivity index (χ4n) is 5.65. The summed E-state index contributed by atoms with van der Waals surface area (Å²) in [6.07, 6.45) is 10.3. The van der Waals surface area contributed by atoms with Gasteiger partial charge in [0.25, 0.3) is 0 Å². The molecule has 1 aliphatic carbocycles. The molecule has 1 saturated carbocycles. The lowest BCUT2D eigenvalue weighted by molar-refractivity contribution is -0.182. The van der Waals surface area contributed by atoms with Gasteiger partial charge in [0.2, 0.25) is 17.8 Å². The molecule has 3 aliphatic heterocycles. The van der Waals surface area contributed by atoms with E-state index in [2.05, 4.69) is 14.9 Å². The van der Waals surface area contributed by atoms with Gasteiger partial charge in [0.15, 0.2) is 0 Å². The third-order valence-corrected chi connectivity index (χ3v) is 7.85. The maximum atomic E-state index is 13.7. The van der Waals surface area contributed by atoms with Gasteiger partial charge in [-0.15, -0.1) is 0 Å². The Morgan fingerprint density at radius 2 is 1.94 bits per heavy atom. The van der Waals surface area contributed by atoms with E-state index in [-0.39, 0.29) is 29.2 Å². The molecule has 0 unspecified atom stereocenters. The number of halogens is 1. The molecule has 184 valence electrons. The van der Waals surface area contributed by atoms with Crippen LogP contribution in [0.2, 0.25) is 0 Å². The second kappa shape index (κ2) is 8.82. The molecule has 5 heterocycles. The first-order valence-electron chi connectivity index (χ1n) is 12.5. The maximum absolute atomic E-state index is 13.7. The summed E-state index contributed by atoms with van der Waals surface area (Å²) >= 11 is 0. The van der Waals surface area contributed by atoms with E-state index in [1.807, 2.05) is 11.0 Å². The van der Waals surface area contributed by atoms with Gasteiger partial charge in [0.1, 0.15) is 11.6 Å². The highest BCUT2D eigenvalue weighted by atomic mass is 19.1. The number of nitrogens with zero attached hydrogens (tertiary/aromatic N) is 6.